The third-order valence-corrected chi connectivity index (χ3v) is 5.36. The van der Waals surface area contributed by atoms with Crippen molar-refractivity contribution in [3.8, 4) is 0 Å². The first-order chi connectivity index (χ1) is 11.7. The van der Waals surface area contributed by atoms with Gasteiger partial charge in [0.1, 0.15) is 5.15 Å². The first-order valence-electron chi connectivity index (χ1n) is 7.56. The second-order valence-corrected chi connectivity index (χ2v) is 7.60. The molecule has 10 heteroatoms. The van der Waals surface area contributed by atoms with Gasteiger partial charge in [0.15, 0.2) is 10.7 Å². The summed E-state index contributed by atoms with van der Waals surface area (Å²) in [6.07, 6.45) is -2.45. The molecule has 3 aromatic rings. The molecule has 0 spiro atoms. The normalized spacial score (nSPS) is 15.2. The van der Waals surface area contributed by atoms with Crippen LogP contribution in [0.3, 0.4) is 0 Å². The molecule has 4 rings (SSSR count). The number of rotatable bonds is 3. The highest BCUT2D eigenvalue weighted by Gasteiger charge is 2.35. The van der Waals surface area contributed by atoms with Gasteiger partial charge in [-0.25, -0.2) is 9.67 Å². The molecule has 1 saturated carbocycles. The molecule has 1 aliphatic carbocycles. The highest BCUT2D eigenvalue weighted by atomic mass is 35.5. The van der Waals surface area contributed by atoms with Crippen LogP contribution in [0.5, 0.6) is 0 Å². The van der Waals surface area contributed by atoms with Gasteiger partial charge in [-0.2, -0.15) is 18.3 Å². The molecule has 25 heavy (non-hydrogen) atoms. The summed E-state index contributed by atoms with van der Waals surface area (Å²) in [6.45, 7) is 1.85. The first kappa shape index (κ1) is 16.6. The molecular formula is C15H12ClF3N4OS. The van der Waals surface area contributed by atoms with Crippen molar-refractivity contribution in [2.24, 2.45) is 0 Å². The Morgan fingerprint density at radius 1 is 1.36 bits per heavy atom. The van der Waals surface area contributed by atoms with Crippen molar-refractivity contribution in [3.63, 3.8) is 0 Å². The fourth-order valence-corrected chi connectivity index (χ4v) is 4.13. The van der Waals surface area contributed by atoms with Gasteiger partial charge in [0.05, 0.1) is 12.2 Å². The van der Waals surface area contributed by atoms with Gasteiger partial charge in [-0.3, -0.25) is 9.20 Å². The third-order valence-electron chi connectivity index (χ3n) is 4.08. The molecule has 0 atom stereocenters. The van der Waals surface area contributed by atoms with E-state index in [4.69, 9.17) is 11.6 Å². The van der Waals surface area contributed by atoms with E-state index in [2.05, 4.69) is 10.1 Å². The Labute approximate surface area is 148 Å². The minimum atomic E-state index is -4.57. The number of thiazole rings is 1. The predicted molar refractivity (Wildman–Crippen MR) is 87.4 cm³/mol. The molecule has 0 unspecified atom stereocenters. The van der Waals surface area contributed by atoms with E-state index < -0.39 is 11.9 Å². The highest BCUT2D eigenvalue weighted by molar-refractivity contribution is 7.17. The fourth-order valence-electron chi connectivity index (χ4n) is 2.85. The van der Waals surface area contributed by atoms with E-state index in [1.165, 1.54) is 17.4 Å². The second kappa shape index (κ2) is 5.57. The lowest BCUT2D eigenvalue weighted by Crippen LogP contribution is -2.18. The molecule has 132 valence electrons. The Hall–Kier alpha value is -1.87. The number of aryl methyl sites for hydroxylation is 1. The topological polar surface area (TPSA) is 52.2 Å². The highest BCUT2D eigenvalue weighted by Crippen LogP contribution is 2.43. The fraction of sp³-hybridized carbons (Fsp3) is 0.400. The van der Waals surface area contributed by atoms with Gasteiger partial charge in [0, 0.05) is 28.6 Å². The lowest BCUT2D eigenvalue weighted by Gasteiger charge is -2.05. The molecule has 1 fully saturated rings. The van der Waals surface area contributed by atoms with Gasteiger partial charge in [0.25, 0.3) is 5.56 Å². The summed E-state index contributed by atoms with van der Waals surface area (Å²) in [4.78, 5) is 18.5. The van der Waals surface area contributed by atoms with E-state index in [0.717, 1.165) is 34.2 Å². The molecule has 0 aliphatic heterocycles. The van der Waals surface area contributed by atoms with E-state index in [1.54, 1.807) is 4.40 Å². The van der Waals surface area contributed by atoms with Crippen LogP contribution in [0.2, 0.25) is 5.15 Å². The zero-order valence-corrected chi connectivity index (χ0v) is 14.5. The van der Waals surface area contributed by atoms with Crippen molar-refractivity contribution >= 4 is 27.9 Å². The van der Waals surface area contributed by atoms with Crippen LogP contribution >= 0.6 is 22.9 Å². The summed E-state index contributed by atoms with van der Waals surface area (Å²) in [5.74, 6) is 0.397. The molecule has 0 bridgehead atoms. The zero-order chi connectivity index (χ0) is 17.9. The minimum absolute atomic E-state index is 0.101. The number of hydrogen-bond acceptors (Lipinski definition) is 4. The average molecular weight is 389 g/mol. The largest absolute Gasteiger partial charge is 0.435 e. The molecule has 1 aliphatic rings. The van der Waals surface area contributed by atoms with E-state index in [-0.39, 0.29) is 17.3 Å². The number of fused-ring (bicyclic) bond motifs is 1. The van der Waals surface area contributed by atoms with E-state index in [0.29, 0.717) is 16.6 Å². The Balaban J connectivity index is 1.74. The smallest absolute Gasteiger partial charge is 0.269 e. The van der Waals surface area contributed by atoms with Crippen LogP contribution in [0.15, 0.2) is 16.9 Å². The molecule has 3 heterocycles. The maximum atomic E-state index is 12.7. The van der Waals surface area contributed by atoms with Gasteiger partial charge in [-0.1, -0.05) is 11.6 Å². The van der Waals surface area contributed by atoms with Crippen LogP contribution in [-0.4, -0.2) is 19.2 Å². The second-order valence-electron chi connectivity index (χ2n) is 6.03. The van der Waals surface area contributed by atoms with Crippen LogP contribution < -0.4 is 5.56 Å². The van der Waals surface area contributed by atoms with Crippen molar-refractivity contribution < 1.29 is 13.2 Å². The SMILES string of the molecule is Cc1sc2nc(Cn3nc(C(F)(F)F)cc3Cl)cc(=O)n2c1C1CC1. The Bertz CT molecular complexity index is 1030. The number of aromatic nitrogens is 4. The van der Waals surface area contributed by atoms with Gasteiger partial charge in [-0.15, -0.1) is 11.3 Å². The van der Waals surface area contributed by atoms with E-state index in [1.807, 2.05) is 6.92 Å². The lowest BCUT2D eigenvalue weighted by atomic mass is 10.2. The predicted octanol–water partition coefficient (Wildman–Crippen LogP) is 3.86. The van der Waals surface area contributed by atoms with Crippen molar-refractivity contribution in [1.82, 2.24) is 19.2 Å². The van der Waals surface area contributed by atoms with Crippen LogP contribution in [0, 0.1) is 6.92 Å². The van der Waals surface area contributed by atoms with E-state index >= 15 is 0 Å². The summed E-state index contributed by atoms with van der Waals surface area (Å²) in [5, 5.41) is 3.30. The van der Waals surface area contributed by atoms with Crippen LogP contribution in [-0.2, 0) is 12.7 Å². The minimum Gasteiger partial charge on any atom is -0.269 e. The summed E-state index contributed by atoms with van der Waals surface area (Å²) in [7, 11) is 0. The zero-order valence-electron chi connectivity index (χ0n) is 13.0. The number of nitrogens with zero attached hydrogens (tertiary/aromatic N) is 4. The third kappa shape index (κ3) is 2.95. The Kier molecular flexibility index (Phi) is 3.69. The molecule has 0 amide bonds. The van der Waals surface area contributed by atoms with Crippen molar-refractivity contribution in [1.29, 1.82) is 0 Å². The first-order valence-corrected chi connectivity index (χ1v) is 8.76. The number of halogens is 4. The Morgan fingerprint density at radius 3 is 2.68 bits per heavy atom. The van der Waals surface area contributed by atoms with Crippen molar-refractivity contribution in [3.05, 3.63) is 49.6 Å². The Morgan fingerprint density at radius 2 is 2.08 bits per heavy atom. The van der Waals surface area contributed by atoms with Gasteiger partial charge >= 0.3 is 6.18 Å². The average Bonchev–Trinajstić information content (AvgIpc) is 3.18. The molecule has 5 nitrogen and oxygen atoms in total. The molecule has 0 saturated heterocycles. The standard InChI is InChI=1S/C15H12ClF3N4OS/c1-7-13(8-2-3-8)23-12(24)4-9(20-14(23)25-7)6-22-11(16)5-10(21-22)15(17,18)19/h4-5,8H,2-3,6H2,1H3. The molecular weight excluding hydrogens is 377 g/mol. The molecule has 0 aromatic carbocycles. The van der Waals surface area contributed by atoms with Crippen LogP contribution in [0.25, 0.3) is 4.96 Å². The van der Waals surface area contributed by atoms with Gasteiger partial charge in [0.2, 0.25) is 0 Å². The maximum absolute atomic E-state index is 12.7. The van der Waals surface area contributed by atoms with Crippen LogP contribution in [0.4, 0.5) is 13.2 Å². The summed E-state index contributed by atoms with van der Waals surface area (Å²) >= 11 is 7.24. The number of hydrogen-bond donors (Lipinski definition) is 0. The monoisotopic (exact) mass is 388 g/mol. The lowest BCUT2D eigenvalue weighted by molar-refractivity contribution is -0.141. The van der Waals surface area contributed by atoms with Gasteiger partial charge in [-0.05, 0) is 19.8 Å². The summed E-state index contributed by atoms with van der Waals surface area (Å²) in [5.41, 5.74) is 0.0247. The molecule has 0 radical (unpaired) electrons. The van der Waals surface area contributed by atoms with Crippen molar-refractivity contribution in [2.75, 3.05) is 0 Å². The van der Waals surface area contributed by atoms with Crippen LogP contribution in [0.1, 0.15) is 40.7 Å². The maximum Gasteiger partial charge on any atom is 0.435 e. The quantitative estimate of drug-likeness (QED) is 0.684. The molecule has 3 aromatic heterocycles. The summed E-state index contributed by atoms with van der Waals surface area (Å²) < 4.78 is 40.8. The molecule has 0 N–H and O–H groups in total. The van der Waals surface area contributed by atoms with Gasteiger partial charge < -0.3 is 0 Å². The summed E-state index contributed by atoms with van der Waals surface area (Å²) in [6, 6.07) is 2.09. The van der Waals surface area contributed by atoms with Crippen molar-refractivity contribution in [2.45, 2.75) is 38.4 Å². The number of alkyl halides is 3. The van der Waals surface area contributed by atoms with E-state index in [9.17, 15) is 18.0 Å².